The van der Waals surface area contributed by atoms with E-state index in [1.807, 2.05) is 25.1 Å². The smallest absolute Gasteiger partial charge is 0.351 e. The molecule has 0 bridgehead atoms. The van der Waals surface area contributed by atoms with E-state index >= 15 is 0 Å². The van der Waals surface area contributed by atoms with E-state index in [0.717, 1.165) is 16.5 Å². The van der Waals surface area contributed by atoms with Crippen molar-refractivity contribution in [3.05, 3.63) is 35.5 Å². The van der Waals surface area contributed by atoms with E-state index in [4.69, 9.17) is 0 Å². The van der Waals surface area contributed by atoms with Gasteiger partial charge in [-0.15, -0.1) is 0 Å². The normalized spacial score (nSPS) is 19.6. The van der Waals surface area contributed by atoms with Crippen LogP contribution in [0.1, 0.15) is 28.9 Å². The molecule has 1 N–H and O–H groups in total. The first-order valence-electron chi connectivity index (χ1n) is 7.30. The highest BCUT2D eigenvalue weighted by atomic mass is 19.4. The minimum Gasteiger partial charge on any atom is -0.351 e. The van der Waals surface area contributed by atoms with Gasteiger partial charge in [-0.1, -0.05) is 11.6 Å². The minimum absolute atomic E-state index is 0.0964. The summed E-state index contributed by atoms with van der Waals surface area (Å²) in [5.41, 5.74) is 2.24. The van der Waals surface area contributed by atoms with Gasteiger partial charge >= 0.3 is 6.18 Å². The van der Waals surface area contributed by atoms with Crippen molar-refractivity contribution in [2.45, 2.75) is 25.9 Å². The van der Waals surface area contributed by atoms with E-state index in [2.05, 4.69) is 4.98 Å². The summed E-state index contributed by atoms with van der Waals surface area (Å²) in [6.07, 6.45) is -3.76. The number of benzene rings is 1. The van der Waals surface area contributed by atoms with Crippen LogP contribution in [0.15, 0.2) is 24.3 Å². The summed E-state index contributed by atoms with van der Waals surface area (Å²) in [6, 6.07) is 7.45. The highest BCUT2D eigenvalue weighted by molar-refractivity contribution is 5.98. The number of aryl methyl sites for hydroxylation is 1. The number of aromatic amines is 1. The third-order valence-corrected chi connectivity index (χ3v) is 4.18. The Bertz CT molecular complexity index is 705. The number of H-pyrrole nitrogens is 1. The second-order valence-corrected chi connectivity index (χ2v) is 5.91. The summed E-state index contributed by atoms with van der Waals surface area (Å²) in [6.45, 7) is 2.07. The number of likely N-dealkylation sites (tertiary alicyclic amines) is 1. The lowest BCUT2D eigenvalue weighted by Crippen LogP contribution is -2.44. The molecule has 1 atom stereocenters. The molecule has 6 heteroatoms. The number of halogens is 3. The number of nitrogens with one attached hydrogen (secondary N) is 1. The number of aromatic nitrogens is 1. The number of rotatable bonds is 1. The van der Waals surface area contributed by atoms with Crippen molar-refractivity contribution in [1.82, 2.24) is 9.88 Å². The molecule has 22 heavy (non-hydrogen) atoms. The van der Waals surface area contributed by atoms with Gasteiger partial charge in [0.05, 0.1) is 5.92 Å². The number of alkyl halides is 3. The second kappa shape index (κ2) is 5.34. The summed E-state index contributed by atoms with van der Waals surface area (Å²) >= 11 is 0. The Kier molecular flexibility index (Phi) is 3.62. The third kappa shape index (κ3) is 2.82. The van der Waals surface area contributed by atoms with E-state index in [1.165, 1.54) is 4.90 Å². The molecule has 2 heterocycles. The van der Waals surface area contributed by atoms with Crippen LogP contribution in [0.5, 0.6) is 0 Å². The summed E-state index contributed by atoms with van der Waals surface area (Å²) in [4.78, 5) is 16.8. The Hall–Kier alpha value is -1.98. The lowest BCUT2D eigenvalue weighted by Gasteiger charge is -2.33. The average Bonchev–Trinajstić information content (AvgIpc) is 2.88. The summed E-state index contributed by atoms with van der Waals surface area (Å²) in [5, 5.41) is 0.896. The molecule has 0 radical (unpaired) electrons. The molecule has 1 aromatic heterocycles. The number of hydrogen-bond acceptors (Lipinski definition) is 1. The maximum Gasteiger partial charge on any atom is 0.393 e. The van der Waals surface area contributed by atoms with E-state index in [0.29, 0.717) is 18.7 Å². The molecule has 1 aliphatic heterocycles. The number of nitrogens with zero attached hydrogens (tertiary/aromatic N) is 1. The van der Waals surface area contributed by atoms with Crippen LogP contribution >= 0.6 is 0 Å². The van der Waals surface area contributed by atoms with Crippen molar-refractivity contribution in [2.24, 2.45) is 5.92 Å². The zero-order valence-corrected chi connectivity index (χ0v) is 12.2. The van der Waals surface area contributed by atoms with Crippen molar-refractivity contribution >= 4 is 16.8 Å². The van der Waals surface area contributed by atoms with Crippen LogP contribution in [0.2, 0.25) is 0 Å². The zero-order valence-electron chi connectivity index (χ0n) is 12.2. The molecule has 1 unspecified atom stereocenters. The number of carbonyl (C=O) groups excluding carboxylic acids is 1. The van der Waals surface area contributed by atoms with Crippen molar-refractivity contribution < 1.29 is 18.0 Å². The maximum atomic E-state index is 12.8. The quantitative estimate of drug-likeness (QED) is 0.852. The van der Waals surface area contributed by atoms with Crippen LogP contribution in [0, 0.1) is 12.8 Å². The first kappa shape index (κ1) is 14.9. The van der Waals surface area contributed by atoms with Gasteiger partial charge < -0.3 is 9.88 Å². The predicted molar refractivity (Wildman–Crippen MR) is 77.7 cm³/mol. The summed E-state index contributed by atoms with van der Waals surface area (Å²) in [5.74, 6) is -1.78. The fourth-order valence-corrected chi connectivity index (χ4v) is 2.97. The molecule has 0 saturated carbocycles. The highest BCUT2D eigenvalue weighted by Gasteiger charge is 2.42. The Morgan fingerprint density at radius 1 is 1.32 bits per heavy atom. The zero-order chi connectivity index (χ0) is 15.9. The molecule has 1 aliphatic rings. The van der Waals surface area contributed by atoms with E-state index in [9.17, 15) is 18.0 Å². The number of piperidine rings is 1. The van der Waals surface area contributed by atoms with Crippen LogP contribution in [-0.4, -0.2) is 35.1 Å². The average molecular weight is 310 g/mol. The van der Waals surface area contributed by atoms with E-state index < -0.39 is 12.1 Å². The first-order valence-corrected chi connectivity index (χ1v) is 7.30. The molecular formula is C16H17F3N2O. The first-order chi connectivity index (χ1) is 10.3. The Balaban J connectivity index is 1.82. The minimum atomic E-state index is -4.24. The molecule has 118 valence electrons. The molecule has 3 nitrogen and oxygen atoms in total. The van der Waals surface area contributed by atoms with Gasteiger partial charge in [0, 0.05) is 24.0 Å². The van der Waals surface area contributed by atoms with Crippen molar-refractivity contribution in [2.75, 3.05) is 13.1 Å². The molecule has 1 amide bonds. The summed E-state index contributed by atoms with van der Waals surface area (Å²) < 4.78 is 38.5. The van der Waals surface area contributed by atoms with Gasteiger partial charge in [-0.2, -0.15) is 13.2 Å². The standard InChI is InChI=1S/C16H17F3N2O/c1-10-4-5-13-11(7-10)8-14(20-13)15(22)21-6-2-3-12(9-21)16(17,18)19/h4-5,7-8,12,20H,2-3,6,9H2,1H3. The maximum absolute atomic E-state index is 12.8. The van der Waals surface area contributed by atoms with Crippen molar-refractivity contribution in [3.8, 4) is 0 Å². The number of hydrogen-bond donors (Lipinski definition) is 1. The molecule has 1 fully saturated rings. The van der Waals surface area contributed by atoms with Gasteiger partial charge in [-0.3, -0.25) is 4.79 Å². The van der Waals surface area contributed by atoms with E-state index in [-0.39, 0.29) is 18.9 Å². The number of amides is 1. The Morgan fingerprint density at radius 3 is 2.82 bits per heavy atom. The SMILES string of the molecule is Cc1ccc2[nH]c(C(=O)N3CCCC(C(F)(F)F)C3)cc2c1. The third-order valence-electron chi connectivity index (χ3n) is 4.18. The van der Waals surface area contributed by atoms with Crippen LogP contribution in [0.25, 0.3) is 10.9 Å². The van der Waals surface area contributed by atoms with Gasteiger partial charge in [-0.05, 0) is 38.0 Å². The number of carbonyl (C=O) groups is 1. The molecule has 2 aromatic rings. The fraction of sp³-hybridized carbons (Fsp3) is 0.438. The van der Waals surface area contributed by atoms with Crippen LogP contribution in [-0.2, 0) is 0 Å². The van der Waals surface area contributed by atoms with Gasteiger partial charge in [0.15, 0.2) is 0 Å². The second-order valence-electron chi connectivity index (χ2n) is 5.91. The van der Waals surface area contributed by atoms with Crippen LogP contribution < -0.4 is 0 Å². The van der Waals surface area contributed by atoms with Crippen LogP contribution in [0.3, 0.4) is 0 Å². The van der Waals surface area contributed by atoms with Crippen LogP contribution in [0.4, 0.5) is 13.2 Å². The van der Waals surface area contributed by atoms with E-state index in [1.54, 1.807) is 6.07 Å². The lowest BCUT2D eigenvalue weighted by molar-refractivity contribution is -0.184. The number of fused-ring (bicyclic) bond motifs is 1. The van der Waals surface area contributed by atoms with Crippen molar-refractivity contribution in [3.63, 3.8) is 0 Å². The Morgan fingerprint density at radius 2 is 2.09 bits per heavy atom. The van der Waals surface area contributed by atoms with Gasteiger partial charge in [0.1, 0.15) is 5.69 Å². The lowest BCUT2D eigenvalue weighted by atomic mass is 9.97. The highest BCUT2D eigenvalue weighted by Crippen LogP contribution is 2.33. The molecule has 0 aliphatic carbocycles. The van der Waals surface area contributed by atoms with Crippen molar-refractivity contribution in [1.29, 1.82) is 0 Å². The van der Waals surface area contributed by atoms with Gasteiger partial charge in [0.2, 0.25) is 0 Å². The molecule has 1 aromatic carbocycles. The monoisotopic (exact) mass is 310 g/mol. The largest absolute Gasteiger partial charge is 0.393 e. The topological polar surface area (TPSA) is 36.1 Å². The molecule has 0 spiro atoms. The molecular weight excluding hydrogens is 293 g/mol. The summed E-state index contributed by atoms with van der Waals surface area (Å²) in [7, 11) is 0. The predicted octanol–water partition coefficient (Wildman–Crippen LogP) is 3.89. The molecule has 1 saturated heterocycles. The van der Waals surface area contributed by atoms with Gasteiger partial charge in [0.25, 0.3) is 5.91 Å². The molecule has 3 rings (SSSR count). The Labute approximate surface area is 126 Å². The van der Waals surface area contributed by atoms with Gasteiger partial charge in [-0.25, -0.2) is 0 Å². The fourth-order valence-electron chi connectivity index (χ4n) is 2.97.